The Hall–Kier alpha value is -0.940. The van der Waals surface area contributed by atoms with Crippen molar-refractivity contribution in [1.29, 1.82) is 0 Å². The number of hydrogen-bond donors (Lipinski definition) is 1. The Balaban J connectivity index is 1.83. The molecule has 2 aromatic rings. The maximum absolute atomic E-state index is 10.3. The van der Waals surface area contributed by atoms with Crippen LogP contribution in [0.3, 0.4) is 0 Å². The lowest BCUT2D eigenvalue weighted by molar-refractivity contribution is -0.0110. The minimum Gasteiger partial charge on any atom is -0.486 e. The Morgan fingerprint density at radius 3 is 2.68 bits per heavy atom. The number of hydrogen-bond acceptors (Lipinski definition) is 4. The van der Waals surface area contributed by atoms with Crippen LogP contribution in [0.5, 0.6) is 11.5 Å². The van der Waals surface area contributed by atoms with E-state index in [2.05, 4.69) is 0 Å². The highest BCUT2D eigenvalue weighted by Crippen LogP contribution is 2.39. The van der Waals surface area contributed by atoms with E-state index >= 15 is 0 Å². The first-order valence-electron chi connectivity index (χ1n) is 5.66. The van der Waals surface area contributed by atoms with Crippen molar-refractivity contribution < 1.29 is 14.6 Å². The number of ether oxygens (including phenoxy) is 2. The first-order valence-corrected chi connectivity index (χ1v) is 7.23. The molecule has 2 atom stereocenters. The molecule has 0 saturated carbocycles. The summed E-state index contributed by atoms with van der Waals surface area (Å²) >= 11 is 13.1. The molecule has 0 amide bonds. The maximum Gasteiger partial charge on any atom is 0.163 e. The molecule has 0 aliphatic carbocycles. The summed E-state index contributed by atoms with van der Waals surface area (Å²) in [6.07, 6.45) is -1.37. The standard InChI is InChI=1S/C13H10Cl2O3S/c14-11-5-7(13(15)19-11)12(16)10-6-17-8-3-1-2-4-9(8)18-10/h1-5,10,12,16H,6H2. The Kier molecular flexibility index (Phi) is 3.58. The predicted octanol–water partition coefficient (Wildman–Crippen LogP) is 3.93. The van der Waals surface area contributed by atoms with Gasteiger partial charge in [0.15, 0.2) is 17.6 Å². The van der Waals surface area contributed by atoms with E-state index in [1.54, 1.807) is 12.1 Å². The van der Waals surface area contributed by atoms with Gasteiger partial charge in [-0.05, 0) is 18.2 Å². The topological polar surface area (TPSA) is 38.7 Å². The molecule has 1 aromatic carbocycles. The Morgan fingerprint density at radius 1 is 1.26 bits per heavy atom. The second kappa shape index (κ2) is 5.21. The molecular formula is C13H10Cl2O3S. The monoisotopic (exact) mass is 316 g/mol. The van der Waals surface area contributed by atoms with E-state index < -0.39 is 12.2 Å². The fraction of sp³-hybridized carbons (Fsp3) is 0.231. The average Bonchev–Trinajstić information content (AvgIpc) is 2.76. The number of aliphatic hydroxyl groups excluding tert-OH is 1. The van der Waals surface area contributed by atoms with Crippen molar-refractivity contribution >= 4 is 34.5 Å². The lowest BCUT2D eigenvalue weighted by atomic mass is 10.1. The van der Waals surface area contributed by atoms with Crippen LogP contribution in [-0.2, 0) is 0 Å². The van der Waals surface area contributed by atoms with Gasteiger partial charge in [-0.1, -0.05) is 35.3 Å². The Morgan fingerprint density at radius 2 is 2.00 bits per heavy atom. The molecule has 19 heavy (non-hydrogen) atoms. The first kappa shape index (κ1) is 13.1. The average molecular weight is 317 g/mol. The van der Waals surface area contributed by atoms with Crippen molar-refractivity contribution in [1.82, 2.24) is 0 Å². The summed E-state index contributed by atoms with van der Waals surface area (Å²) in [6.45, 7) is 0.266. The third kappa shape index (κ3) is 2.54. The minimum atomic E-state index is -0.871. The van der Waals surface area contributed by atoms with Crippen molar-refractivity contribution in [2.45, 2.75) is 12.2 Å². The molecule has 1 N–H and O–H groups in total. The van der Waals surface area contributed by atoms with Gasteiger partial charge in [0.25, 0.3) is 0 Å². The van der Waals surface area contributed by atoms with Crippen LogP contribution in [0.1, 0.15) is 11.7 Å². The molecule has 3 nitrogen and oxygen atoms in total. The van der Waals surface area contributed by atoms with Crippen molar-refractivity contribution in [3.05, 3.63) is 44.6 Å². The second-order valence-electron chi connectivity index (χ2n) is 4.14. The molecule has 0 bridgehead atoms. The molecule has 0 saturated heterocycles. The van der Waals surface area contributed by atoms with Crippen LogP contribution in [0.15, 0.2) is 30.3 Å². The van der Waals surface area contributed by atoms with E-state index in [0.717, 1.165) is 0 Å². The number of benzene rings is 1. The van der Waals surface area contributed by atoms with Gasteiger partial charge in [0.2, 0.25) is 0 Å². The van der Waals surface area contributed by atoms with Gasteiger partial charge in [-0.2, -0.15) is 0 Å². The number of aliphatic hydroxyl groups is 1. The van der Waals surface area contributed by atoms with Gasteiger partial charge in [0.05, 0.1) is 4.34 Å². The van der Waals surface area contributed by atoms with Gasteiger partial charge < -0.3 is 14.6 Å². The predicted molar refractivity (Wildman–Crippen MR) is 75.7 cm³/mol. The normalized spacial score (nSPS) is 19.2. The summed E-state index contributed by atoms with van der Waals surface area (Å²) in [5, 5.41) is 10.3. The molecule has 6 heteroatoms. The highest BCUT2D eigenvalue weighted by molar-refractivity contribution is 7.20. The van der Waals surface area contributed by atoms with Crippen LogP contribution in [0.25, 0.3) is 0 Å². The molecule has 0 radical (unpaired) electrons. The minimum absolute atomic E-state index is 0.266. The third-order valence-corrected chi connectivity index (χ3v) is 4.40. The summed E-state index contributed by atoms with van der Waals surface area (Å²) in [4.78, 5) is 0. The van der Waals surface area contributed by atoms with E-state index in [-0.39, 0.29) is 6.61 Å². The lowest BCUT2D eigenvalue weighted by Crippen LogP contribution is -2.34. The molecule has 2 unspecified atom stereocenters. The maximum atomic E-state index is 10.3. The van der Waals surface area contributed by atoms with Crippen molar-refractivity contribution in [2.75, 3.05) is 6.61 Å². The fourth-order valence-corrected chi connectivity index (χ4v) is 3.48. The Bertz CT molecular complexity index is 599. The van der Waals surface area contributed by atoms with Gasteiger partial charge in [-0.3, -0.25) is 0 Å². The van der Waals surface area contributed by atoms with Crippen molar-refractivity contribution in [3.8, 4) is 11.5 Å². The van der Waals surface area contributed by atoms with E-state index in [1.807, 2.05) is 18.2 Å². The fourth-order valence-electron chi connectivity index (χ4n) is 1.95. The van der Waals surface area contributed by atoms with E-state index in [0.29, 0.717) is 25.7 Å². The number of para-hydroxylation sites is 2. The summed E-state index contributed by atoms with van der Waals surface area (Å²) in [5.41, 5.74) is 0.574. The largest absolute Gasteiger partial charge is 0.486 e. The molecular weight excluding hydrogens is 307 g/mol. The molecule has 0 fully saturated rings. The van der Waals surface area contributed by atoms with Gasteiger partial charge in [-0.15, -0.1) is 11.3 Å². The second-order valence-corrected chi connectivity index (χ2v) is 6.42. The number of rotatable bonds is 2. The van der Waals surface area contributed by atoms with Gasteiger partial charge in [-0.25, -0.2) is 0 Å². The number of thiophene rings is 1. The zero-order chi connectivity index (χ0) is 13.4. The number of fused-ring (bicyclic) bond motifs is 1. The van der Waals surface area contributed by atoms with Crippen molar-refractivity contribution in [2.24, 2.45) is 0 Å². The summed E-state index contributed by atoms with van der Waals surface area (Å²) in [6, 6.07) is 9.01. The van der Waals surface area contributed by atoms with Gasteiger partial charge in [0, 0.05) is 5.56 Å². The highest BCUT2D eigenvalue weighted by Gasteiger charge is 2.30. The zero-order valence-corrected chi connectivity index (χ0v) is 12.0. The van der Waals surface area contributed by atoms with Crippen LogP contribution in [0.4, 0.5) is 0 Å². The van der Waals surface area contributed by atoms with Gasteiger partial charge >= 0.3 is 0 Å². The number of halogens is 2. The molecule has 1 aliphatic rings. The summed E-state index contributed by atoms with van der Waals surface area (Å²) < 4.78 is 12.3. The molecule has 1 aromatic heterocycles. The first-order chi connectivity index (χ1) is 9.15. The van der Waals surface area contributed by atoms with E-state index in [9.17, 15) is 5.11 Å². The lowest BCUT2D eigenvalue weighted by Gasteiger charge is -2.29. The molecule has 2 heterocycles. The van der Waals surface area contributed by atoms with Crippen LogP contribution < -0.4 is 9.47 Å². The molecule has 1 aliphatic heterocycles. The van der Waals surface area contributed by atoms with Crippen LogP contribution in [0, 0.1) is 0 Å². The Labute approximate surface area is 124 Å². The SMILES string of the molecule is OC(c1cc(Cl)sc1Cl)C1COc2ccccc2O1. The van der Waals surface area contributed by atoms with E-state index in [1.165, 1.54) is 11.3 Å². The summed E-state index contributed by atoms with van der Waals surface area (Å²) in [5.74, 6) is 1.30. The summed E-state index contributed by atoms with van der Waals surface area (Å²) in [7, 11) is 0. The molecule has 0 spiro atoms. The van der Waals surface area contributed by atoms with Gasteiger partial charge in [0.1, 0.15) is 17.0 Å². The highest BCUT2D eigenvalue weighted by atomic mass is 35.5. The smallest absolute Gasteiger partial charge is 0.163 e. The molecule has 100 valence electrons. The quantitative estimate of drug-likeness (QED) is 0.912. The van der Waals surface area contributed by atoms with Crippen LogP contribution in [0.2, 0.25) is 8.67 Å². The zero-order valence-electron chi connectivity index (χ0n) is 9.68. The van der Waals surface area contributed by atoms with Crippen LogP contribution in [-0.4, -0.2) is 17.8 Å². The van der Waals surface area contributed by atoms with Crippen molar-refractivity contribution in [3.63, 3.8) is 0 Å². The van der Waals surface area contributed by atoms with E-state index in [4.69, 9.17) is 32.7 Å². The van der Waals surface area contributed by atoms with Crippen LogP contribution >= 0.6 is 34.5 Å². The molecule has 3 rings (SSSR count). The third-order valence-electron chi connectivity index (χ3n) is 2.88.